The van der Waals surface area contributed by atoms with Crippen molar-refractivity contribution in [2.75, 3.05) is 5.32 Å². The first-order valence-corrected chi connectivity index (χ1v) is 10.00. The number of hydrogen-bond donors (Lipinski definition) is 2. The van der Waals surface area contributed by atoms with E-state index in [9.17, 15) is 4.79 Å². The first-order valence-electron chi connectivity index (χ1n) is 9.59. The monoisotopic (exact) mass is 356 g/mol. The van der Waals surface area contributed by atoms with Gasteiger partial charge in [0.1, 0.15) is 0 Å². The lowest BCUT2D eigenvalue weighted by Crippen LogP contribution is -2.48. The quantitative estimate of drug-likeness (QED) is 0.770. The highest BCUT2D eigenvalue weighted by molar-refractivity contribution is 7.80. The van der Waals surface area contributed by atoms with Gasteiger partial charge in [0.25, 0.3) is 0 Å². The van der Waals surface area contributed by atoms with E-state index in [4.69, 9.17) is 12.2 Å². The third kappa shape index (κ3) is 3.59. The predicted molar refractivity (Wildman–Crippen MR) is 106 cm³/mol. The molecule has 4 aliphatic carbocycles. The SMILES string of the molecule is Cc1ccc(NC(=S)NC(=O)CC23CC4CC(CC(C4)C2)C3)c(C)c1. The third-order valence-electron chi connectivity index (χ3n) is 6.58. The van der Waals surface area contributed by atoms with Crippen molar-refractivity contribution in [1.29, 1.82) is 0 Å². The summed E-state index contributed by atoms with van der Waals surface area (Å²) in [4.78, 5) is 12.6. The summed E-state index contributed by atoms with van der Waals surface area (Å²) >= 11 is 5.37. The molecule has 0 saturated heterocycles. The summed E-state index contributed by atoms with van der Waals surface area (Å²) in [6.07, 6.45) is 8.64. The van der Waals surface area contributed by atoms with Gasteiger partial charge in [0.2, 0.25) is 5.91 Å². The number of carbonyl (C=O) groups is 1. The summed E-state index contributed by atoms with van der Waals surface area (Å²) in [5.74, 6) is 2.71. The topological polar surface area (TPSA) is 41.1 Å². The molecule has 0 heterocycles. The molecule has 0 atom stereocenters. The zero-order valence-corrected chi connectivity index (χ0v) is 16.0. The summed E-state index contributed by atoms with van der Waals surface area (Å²) in [5, 5.41) is 6.52. The highest BCUT2D eigenvalue weighted by atomic mass is 32.1. The molecule has 4 aliphatic rings. The third-order valence-corrected chi connectivity index (χ3v) is 6.79. The molecular weight excluding hydrogens is 328 g/mol. The van der Waals surface area contributed by atoms with Crippen molar-refractivity contribution >= 4 is 28.9 Å². The predicted octanol–water partition coefficient (Wildman–Crippen LogP) is 4.72. The van der Waals surface area contributed by atoms with Gasteiger partial charge in [-0.15, -0.1) is 0 Å². The summed E-state index contributed by atoms with van der Waals surface area (Å²) in [7, 11) is 0. The standard InChI is InChI=1S/C21H28N2OS/c1-13-3-4-18(14(2)5-13)22-20(25)23-19(24)12-21-9-15-6-16(10-21)8-17(7-15)11-21/h3-5,15-17H,6-12H2,1-2H3,(H2,22,23,24,25). The second-order valence-corrected chi connectivity index (χ2v) is 9.32. The molecule has 4 saturated carbocycles. The molecule has 1 amide bonds. The molecule has 1 aromatic carbocycles. The molecule has 3 nitrogen and oxygen atoms in total. The van der Waals surface area contributed by atoms with Crippen molar-refractivity contribution in [3.63, 3.8) is 0 Å². The van der Waals surface area contributed by atoms with E-state index in [1.54, 1.807) is 0 Å². The van der Waals surface area contributed by atoms with Crippen LogP contribution in [-0.2, 0) is 4.79 Å². The highest BCUT2D eigenvalue weighted by Crippen LogP contribution is 2.61. The fourth-order valence-electron chi connectivity index (χ4n) is 6.13. The Morgan fingerprint density at radius 3 is 2.28 bits per heavy atom. The van der Waals surface area contributed by atoms with Crippen LogP contribution < -0.4 is 10.6 Å². The largest absolute Gasteiger partial charge is 0.332 e. The minimum Gasteiger partial charge on any atom is -0.332 e. The molecule has 4 bridgehead atoms. The van der Waals surface area contributed by atoms with Crippen LogP contribution in [0.5, 0.6) is 0 Å². The summed E-state index contributed by atoms with van der Waals surface area (Å²) < 4.78 is 0. The molecule has 134 valence electrons. The Morgan fingerprint density at radius 2 is 1.72 bits per heavy atom. The van der Waals surface area contributed by atoms with Gasteiger partial charge in [0, 0.05) is 12.1 Å². The lowest BCUT2D eigenvalue weighted by molar-refractivity contribution is -0.127. The second-order valence-electron chi connectivity index (χ2n) is 8.92. The number of rotatable bonds is 3. The smallest absolute Gasteiger partial charge is 0.226 e. The molecule has 4 heteroatoms. The van der Waals surface area contributed by atoms with Crippen LogP contribution in [0.25, 0.3) is 0 Å². The molecule has 25 heavy (non-hydrogen) atoms. The van der Waals surface area contributed by atoms with E-state index in [-0.39, 0.29) is 11.3 Å². The van der Waals surface area contributed by atoms with E-state index in [1.807, 2.05) is 6.07 Å². The zero-order valence-electron chi connectivity index (χ0n) is 15.2. The molecule has 4 fully saturated rings. The van der Waals surface area contributed by atoms with Crippen LogP contribution in [0.4, 0.5) is 5.69 Å². The van der Waals surface area contributed by atoms with Gasteiger partial charge in [0.15, 0.2) is 5.11 Å². The van der Waals surface area contributed by atoms with E-state index >= 15 is 0 Å². The molecule has 0 unspecified atom stereocenters. The van der Waals surface area contributed by atoms with Gasteiger partial charge in [-0.2, -0.15) is 0 Å². The van der Waals surface area contributed by atoms with Crippen molar-refractivity contribution < 1.29 is 4.79 Å². The highest BCUT2D eigenvalue weighted by Gasteiger charge is 2.51. The van der Waals surface area contributed by atoms with E-state index < -0.39 is 0 Å². The van der Waals surface area contributed by atoms with Crippen LogP contribution in [-0.4, -0.2) is 11.0 Å². The van der Waals surface area contributed by atoms with Crippen LogP contribution >= 0.6 is 12.2 Å². The van der Waals surface area contributed by atoms with Crippen molar-refractivity contribution in [2.24, 2.45) is 23.2 Å². The van der Waals surface area contributed by atoms with Gasteiger partial charge in [-0.1, -0.05) is 17.7 Å². The number of nitrogens with one attached hydrogen (secondary N) is 2. The van der Waals surface area contributed by atoms with Gasteiger partial charge in [-0.3, -0.25) is 4.79 Å². The Morgan fingerprint density at radius 1 is 1.12 bits per heavy atom. The first kappa shape index (κ1) is 17.0. The van der Waals surface area contributed by atoms with Gasteiger partial charge in [-0.25, -0.2) is 0 Å². The maximum absolute atomic E-state index is 12.6. The molecule has 1 aromatic rings. The minimum atomic E-state index is 0.0872. The minimum absolute atomic E-state index is 0.0872. The van der Waals surface area contributed by atoms with Crippen molar-refractivity contribution in [1.82, 2.24) is 5.32 Å². The number of hydrogen-bond acceptors (Lipinski definition) is 2. The Bertz CT molecular complexity index is 677. The number of anilines is 1. The molecule has 0 spiro atoms. The summed E-state index contributed by atoms with van der Waals surface area (Å²) in [6, 6.07) is 6.18. The Kier molecular flexibility index (Phi) is 4.35. The number of benzene rings is 1. The molecule has 0 radical (unpaired) electrons. The average Bonchev–Trinajstić information content (AvgIpc) is 2.47. The van der Waals surface area contributed by atoms with Crippen molar-refractivity contribution in [3.05, 3.63) is 29.3 Å². The molecular formula is C21H28N2OS. The Balaban J connectivity index is 1.35. The van der Waals surface area contributed by atoms with E-state index in [2.05, 4.69) is 36.6 Å². The molecule has 0 aromatic heterocycles. The first-order chi connectivity index (χ1) is 11.9. The average molecular weight is 357 g/mol. The van der Waals surface area contributed by atoms with E-state index in [0.717, 1.165) is 29.0 Å². The van der Waals surface area contributed by atoms with Gasteiger partial charge >= 0.3 is 0 Å². The van der Waals surface area contributed by atoms with Crippen LogP contribution in [0.1, 0.15) is 56.1 Å². The summed E-state index contributed by atoms with van der Waals surface area (Å²) in [6.45, 7) is 4.12. The van der Waals surface area contributed by atoms with Gasteiger partial charge in [0.05, 0.1) is 0 Å². The van der Waals surface area contributed by atoms with E-state index in [1.165, 1.54) is 44.1 Å². The van der Waals surface area contributed by atoms with E-state index in [0.29, 0.717) is 11.5 Å². The number of carbonyl (C=O) groups excluding carboxylic acids is 1. The fourth-order valence-corrected chi connectivity index (χ4v) is 6.35. The van der Waals surface area contributed by atoms with Crippen LogP contribution in [0, 0.1) is 37.0 Å². The molecule has 2 N–H and O–H groups in total. The van der Waals surface area contributed by atoms with Gasteiger partial charge in [-0.05, 0) is 99.4 Å². The summed E-state index contributed by atoms with van der Waals surface area (Å²) in [5.41, 5.74) is 3.58. The zero-order chi connectivity index (χ0) is 17.6. The van der Waals surface area contributed by atoms with Crippen LogP contribution in [0.15, 0.2) is 18.2 Å². The van der Waals surface area contributed by atoms with Crippen LogP contribution in [0.2, 0.25) is 0 Å². The van der Waals surface area contributed by atoms with Crippen LogP contribution in [0.3, 0.4) is 0 Å². The van der Waals surface area contributed by atoms with Crippen molar-refractivity contribution in [3.8, 4) is 0 Å². The lowest BCUT2D eigenvalue weighted by atomic mass is 9.49. The Labute approximate surface area is 156 Å². The Hall–Kier alpha value is -1.42. The maximum atomic E-state index is 12.6. The molecule has 0 aliphatic heterocycles. The fraction of sp³-hybridized carbons (Fsp3) is 0.619. The van der Waals surface area contributed by atoms with Gasteiger partial charge < -0.3 is 10.6 Å². The normalized spacial score (nSPS) is 32.5. The lowest BCUT2D eigenvalue weighted by Gasteiger charge is -2.56. The molecule has 5 rings (SSSR count). The number of aryl methyl sites for hydroxylation is 2. The maximum Gasteiger partial charge on any atom is 0.226 e. The van der Waals surface area contributed by atoms with Crippen molar-refractivity contribution in [2.45, 2.75) is 58.8 Å². The number of amides is 1. The number of thiocarbonyl (C=S) groups is 1. The second kappa shape index (κ2) is 6.39.